The molecule has 2 atom stereocenters. The van der Waals surface area contributed by atoms with Gasteiger partial charge in [-0.2, -0.15) is 0 Å². The molecule has 1 heteroatoms. The summed E-state index contributed by atoms with van der Waals surface area (Å²) in [6.45, 7) is 2.35. The van der Waals surface area contributed by atoms with Gasteiger partial charge < -0.3 is 5.32 Å². The summed E-state index contributed by atoms with van der Waals surface area (Å²) in [4.78, 5) is 0. The Bertz CT molecular complexity index is 351. The third-order valence-electron chi connectivity index (χ3n) is 4.56. The molecule has 0 spiro atoms. The van der Waals surface area contributed by atoms with Crippen LogP contribution in [0.5, 0.6) is 0 Å². The minimum absolute atomic E-state index is 0.796. The van der Waals surface area contributed by atoms with Crippen molar-refractivity contribution in [3.63, 3.8) is 0 Å². The van der Waals surface area contributed by atoms with Crippen molar-refractivity contribution in [2.45, 2.75) is 57.0 Å². The van der Waals surface area contributed by atoms with Gasteiger partial charge >= 0.3 is 0 Å². The molecule has 0 amide bonds. The Balaban J connectivity index is 1.50. The van der Waals surface area contributed by atoms with Crippen LogP contribution in [-0.4, -0.2) is 12.1 Å². The maximum absolute atomic E-state index is 3.81. The molecule has 1 N–H and O–H groups in total. The largest absolute Gasteiger partial charge is 0.311 e. The van der Waals surface area contributed by atoms with Crippen LogP contribution in [0.15, 0.2) is 30.3 Å². The minimum atomic E-state index is 0.796. The van der Waals surface area contributed by atoms with E-state index >= 15 is 0 Å². The fraction of sp³-hybridized carbons (Fsp3) is 0.625. The van der Waals surface area contributed by atoms with Crippen LogP contribution in [-0.2, 0) is 0 Å². The van der Waals surface area contributed by atoms with Gasteiger partial charge in [-0.05, 0) is 49.5 Å². The molecule has 92 valence electrons. The first-order chi connectivity index (χ1) is 8.33. The standard InChI is InChI=1S/C16H23N/c1-12-11-16(12)17-15-9-7-14(8-10-15)13-5-3-2-4-6-13/h2-6,12,14-17H,7-11H2,1H3. The van der Waals surface area contributed by atoms with Gasteiger partial charge in [-0.15, -0.1) is 0 Å². The highest BCUT2D eigenvalue weighted by Crippen LogP contribution is 2.35. The predicted molar refractivity (Wildman–Crippen MR) is 72.1 cm³/mol. The SMILES string of the molecule is CC1CC1NC1CCC(c2ccccc2)CC1. The predicted octanol–water partition coefficient (Wildman–Crippen LogP) is 3.71. The Labute approximate surface area is 105 Å². The summed E-state index contributed by atoms with van der Waals surface area (Å²) >= 11 is 0. The second-order valence-electron chi connectivity index (χ2n) is 5.95. The van der Waals surface area contributed by atoms with Crippen LogP contribution in [0.25, 0.3) is 0 Å². The average Bonchev–Trinajstić information content (AvgIpc) is 3.07. The van der Waals surface area contributed by atoms with E-state index in [1.807, 2.05) is 0 Å². The van der Waals surface area contributed by atoms with Crippen LogP contribution in [0.1, 0.15) is 50.5 Å². The molecule has 2 fully saturated rings. The summed E-state index contributed by atoms with van der Waals surface area (Å²) in [7, 11) is 0. The van der Waals surface area contributed by atoms with Crippen molar-refractivity contribution in [3.05, 3.63) is 35.9 Å². The van der Waals surface area contributed by atoms with E-state index in [1.165, 1.54) is 32.1 Å². The molecule has 0 aromatic heterocycles. The summed E-state index contributed by atoms with van der Waals surface area (Å²) in [6, 6.07) is 12.7. The average molecular weight is 229 g/mol. The lowest BCUT2D eigenvalue weighted by Gasteiger charge is -2.29. The number of rotatable bonds is 3. The van der Waals surface area contributed by atoms with Crippen molar-refractivity contribution in [2.75, 3.05) is 0 Å². The number of hydrogen-bond donors (Lipinski definition) is 1. The molecule has 0 aliphatic heterocycles. The summed E-state index contributed by atoms with van der Waals surface area (Å²) in [5.41, 5.74) is 1.55. The normalized spacial score (nSPS) is 36.8. The van der Waals surface area contributed by atoms with E-state index < -0.39 is 0 Å². The molecule has 0 radical (unpaired) electrons. The molecule has 2 saturated carbocycles. The van der Waals surface area contributed by atoms with E-state index in [4.69, 9.17) is 0 Å². The molecule has 2 aliphatic rings. The highest BCUT2D eigenvalue weighted by atomic mass is 15.0. The number of benzene rings is 1. The molecule has 0 bridgehead atoms. The van der Waals surface area contributed by atoms with Gasteiger partial charge in [0.1, 0.15) is 0 Å². The fourth-order valence-electron chi connectivity index (χ4n) is 3.18. The summed E-state index contributed by atoms with van der Waals surface area (Å²) in [6.07, 6.45) is 6.86. The van der Waals surface area contributed by atoms with Crippen molar-refractivity contribution in [1.29, 1.82) is 0 Å². The molecule has 1 aromatic carbocycles. The summed E-state index contributed by atoms with van der Waals surface area (Å²) in [5, 5.41) is 3.81. The first kappa shape index (κ1) is 11.3. The van der Waals surface area contributed by atoms with Crippen molar-refractivity contribution < 1.29 is 0 Å². The zero-order chi connectivity index (χ0) is 11.7. The monoisotopic (exact) mass is 229 g/mol. The molecular formula is C16H23N. The Kier molecular flexibility index (Phi) is 3.19. The van der Waals surface area contributed by atoms with Crippen LogP contribution >= 0.6 is 0 Å². The lowest BCUT2D eigenvalue weighted by Crippen LogP contribution is -2.34. The van der Waals surface area contributed by atoms with Crippen LogP contribution in [0.2, 0.25) is 0 Å². The number of hydrogen-bond acceptors (Lipinski definition) is 1. The van der Waals surface area contributed by atoms with Crippen LogP contribution < -0.4 is 5.32 Å². The van der Waals surface area contributed by atoms with Crippen molar-refractivity contribution in [1.82, 2.24) is 5.32 Å². The maximum Gasteiger partial charge on any atom is 0.00989 e. The Morgan fingerprint density at radius 1 is 1.00 bits per heavy atom. The smallest absolute Gasteiger partial charge is 0.00989 e. The molecule has 0 heterocycles. The highest BCUT2D eigenvalue weighted by molar-refractivity contribution is 5.20. The zero-order valence-corrected chi connectivity index (χ0v) is 10.7. The first-order valence-electron chi connectivity index (χ1n) is 7.14. The molecule has 1 nitrogen and oxygen atoms in total. The number of nitrogens with one attached hydrogen (secondary N) is 1. The summed E-state index contributed by atoms with van der Waals surface area (Å²) in [5.74, 6) is 1.74. The summed E-state index contributed by atoms with van der Waals surface area (Å²) < 4.78 is 0. The van der Waals surface area contributed by atoms with Crippen LogP contribution in [0.4, 0.5) is 0 Å². The Hall–Kier alpha value is -0.820. The lowest BCUT2D eigenvalue weighted by molar-refractivity contribution is 0.337. The van der Waals surface area contributed by atoms with E-state index in [-0.39, 0.29) is 0 Å². The third-order valence-corrected chi connectivity index (χ3v) is 4.56. The van der Waals surface area contributed by atoms with Crippen LogP contribution in [0, 0.1) is 5.92 Å². The highest BCUT2D eigenvalue weighted by Gasteiger charge is 2.35. The van der Waals surface area contributed by atoms with E-state index in [9.17, 15) is 0 Å². The van der Waals surface area contributed by atoms with E-state index in [1.54, 1.807) is 5.56 Å². The topological polar surface area (TPSA) is 12.0 Å². The van der Waals surface area contributed by atoms with Gasteiger partial charge in [0.05, 0.1) is 0 Å². The molecular weight excluding hydrogens is 206 g/mol. The fourth-order valence-corrected chi connectivity index (χ4v) is 3.18. The molecule has 2 unspecified atom stereocenters. The van der Waals surface area contributed by atoms with Crippen molar-refractivity contribution >= 4 is 0 Å². The second-order valence-corrected chi connectivity index (χ2v) is 5.95. The lowest BCUT2D eigenvalue weighted by atomic mass is 9.82. The van der Waals surface area contributed by atoms with Gasteiger partial charge in [0.2, 0.25) is 0 Å². The van der Waals surface area contributed by atoms with Gasteiger partial charge in [-0.1, -0.05) is 37.3 Å². The molecule has 0 saturated heterocycles. The van der Waals surface area contributed by atoms with Crippen LogP contribution in [0.3, 0.4) is 0 Å². The van der Waals surface area contributed by atoms with E-state index in [2.05, 4.69) is 42.6 Å². The maximum atomic E-state index is 3.81. The quantitative estimate of drug-likeness (QED) is 0.833. The van der Waals surface area contributed by atoms with Crippen molar-refractivity contribution in [3.8, 4) is 0 Å². The second kappa shape index (κ2) is 4.81. The Morgan fingerprint density at radius 3 is 2.24 bits per heavy atom. The molecule has 1 aromatic rings. The zero-order valence-electron chi connectivity index (χ0n) is 10.7. The van der Waals surface area contributed by atoms with Crippen molar-refractivity contribution in [2.24, 2.45) is 5.92 Å². The molecule has 3 rings (SSSR count). The minimum Gasteiger partial charge on any atom is -0.311 e. The molecule has 17 heavy (non-hydrogen) atoms. The van der Waals surface area contributed by atoms with E-state index in [0.29, 0.717) is 0 Å². The van der Waals surface area contributed by atoms with Gasteiger partial charge in [0.15, 0.2) is 0 Å². The molecule has 2 aliphatic carbocycles. The van der Waals surface area contributed by atoms with Gasteiger partial charge in [-0.3, -0.25) is 0 Å². The van der Waals surface area contributed by atoms with E-state index in [0.717, 1.165) is 23.9 Å². The third kappa shape index (κ3) is 2.71. The van der Waals surface area contributed by atoms with Gasteiger partial charge in [0.25, 0.3) is 0 Å². The van der Waals surface area contributed by atoms with Gasteiger partial charge in [0, 0.05) is 12.1 Å². The van der Waals surface area contributed by atoms with Gasteiger partial charge in [-0.25, -0.2) is 0 Å². The first-order valence-corrected chi connectivity index (χ1v) is 7.14. The Morgan fingerprint density at radius 2 is 1.65 bits per heavy atom.